The average Bonchev–Trinajstić information content (AvgIpc) is 2.72. The fourth-order valence-corrected chi connectivity index (χ4v) is 4.16. The molecule has 2 atom stereocenters. The van der Waals surface area contributed by atoms with Gasteiger partial charge in [-0.25, -0.2) is 13.2 Å². The van der Waals surface area contributed by atoms with Gasteiger partial charge < -0.3 is 14.6 Å². The van der Waals surface area contributed by atoms with Crippen molar-refractivity contribution in [3.8, 4) is 0 Å². The zero-order valence-electron chi connectivity index (χ0n) is 12.8. The molecule has 1 saturated heterocycles. The molecule has 0 aliphatic carbocycles. The number of aryl methyl sites for hydroxylation is 2. The van der Waals surface area contributed by atoms with Crippen LogP contribution in [0.5, 0.6) is 0 Å². The lowest BCUT2D eigenvalue weighted by atomic mass is 10.2. The fourth-order valence-electron chi connectivity index (χ4n) is 2.59. The van der Waals surface area contributed by atoms with Crippen LogP contribution >= 0.6 is 0 Å². The van der Waals surface area contributed by atoms with Crippen LogP contribution in [0.25, 0.3) is 0 Å². The van der Waals surface area contributed by atoms with Gasteiger partial charge in [0.1, 0.15) is 11.5 Å². The maximum atomic E-state index is 12.2. The van der Waals surface area contributed by atoms with Gasteiger partial charge in [0, 0.05) is 24.7 Å². The molecule has 0 unspecified atom stereocenters. The molecule has 0 bridgehead atoms. The number of urea groups is 1. The van der Waals surface area contributed by atoms with E-state index in [1.807, 2.05) is 19.9 Å². The van der Waals surface area contributed by atoms with Gasteiger partial charge in [0.2, 0.25) is 0 Å². The van der Waals surface area contributed by atoms with Crippen molar-refractivity contribution in [1.82, 2.24) is 10.2 Å². The molecule has 1 aromatic heterocycles. The Hall–Kier alpha value is -1.50. The fraction of sp³-hybridized carbons (Fsp3) is 0.643. The van der Waals surface area contributed by atoms with Crippen LogP contribution in [0.1, 0.15) is 30.9 Å². The molecule has 7 heteroatoms. The first-order valence-corrected chi connectivity index (χ1v) is 8.76. The summed E-state index contributed by atoms with van der Waals surface area (Å²) in [6.07, 6.45) is 0. The van der Waals surface area contributed by atoms with E-state index in [4.69, 9.17) is 4.42 Å². The Morgan fingerprint density at radius 1 is 1.43 bits per heavy atom. The number of hydrogen-bond acceptors (Lipinski definition) is 4. The summed E-state index contributed by atoms with van der Waals surface area (Å²) >= 11 is 0. The maximum Gasteiger partial charge on any atom is 0.317 e. The molecule has 118 valence electrons. The zero-order chi connectivity index (χ0) is 15.8. The van der Waals surface area contributed by atoms with Gasteiger partial charge in [0.25, 0.3) is 0 Å². The third kappa shape index (κ3) is 3.23. The highest BCUT2D eigenvalue weighted by molar-refractivity contribution is 7.92. The Balaban J connectivity index is 1.99. The molecule has 2 amide bonds. The van der Waals surface area contributed by atoms with Crippen molar-refractivity contribution < 1.29 is 17.6 Å². The molecule has 0 saturated carbocycles. The van der Waals surface area contributed by atoms with Gasteiger partial charge in [-0.15, -0.1) is 0 Å². The number of rotatable bonds is 2. The molecule has 0 aromatic carbocycles. The third-order valence-corrected chi connectivity index (χ3v) is 6.47. The number of nitrogens with one attached hydrogen (secondary N) is 1. The lowest BCUT2D eigenvalue weighted by Crippen LogP contribution is -2.56. The Morgan fingerprint density at radius 3 is 2.67 bits per heavy atom. The van der Waals surface area contributed by atoms with E-state index in [-0.39, 0.29) is 24.4 Å². The SMILES string of the molecule is Cc1cc(CNC(=O)N2CCS(=O)(=O)[C@H](C)[C@H]2C)c(C)o1. The van der Waals surface area contributed by atoms with Gasteiger partial charge in [-0.3, -0.25) is 0 Å². The molecule has 0 spiro atoms. The van der Waals surface area contributed by atoms with E-state index < -0.39 is 15.1 Å². The number of hydrogen-bond donors (Lipinski definition) is 1. The summed E-state index contributed by atoms with van der Waals surface area (Å²) in [4.78, 5) is 13.8. The van der Waals surface area contributed by atoms with Crippen LogP contribution in [0.2, 0.25) is 0 Å². The molecule has 1 N–H and O–H groups in total. The first-order valence-electron chi connectivity index (χ1n) is 7.04. The second-order valence-electron chi connectivity index (χ2n) is 5.60. The molecule has 2 rings (SSSR count). The number of amides is 2. The van der Waals surface area contributed by atoms with Crippen LogP contribution in [0.15, 0.2) is 10.5 Å². The molecule has 1 fully saturated rings. The van der Waals surface area contributed by atoms with Gasteiger partial charge in [-0.1, -0.05) is 0 Å². The highest BCUT2D eigenvalue weighted by Crippen LogP contribution is 2.19. The van der Waals surface area contributed by atoms with Gasteiger partial charge >= 0.3 is 6.03 Å². The molecule has 1 aliphatic heterocycles. The van der Waals surface area contributed by atoms with Crippen molar-refractivity contribution in [2.45, 2.75) is 45.5 Å². The lowest BCUT2D eigenvalue weighted by Gasteiger charge is -2.37. The maximum absolute atomic E-state index is 12.2. The first-order chi connectivity index (χ1) is 9.72. The third-order valence-electron chi connectivity index (χ3n) is 4.19. The van der Waals surface area contributed by atoms with E-state index in [1.165, 1.54) is 0 Å². The quantitative estimate of drug-likeness (QED) is 0.899. The molecule has 6 nitrogen and oxygen atoms in total. The minimum absolute atomic E-state index is 0.0236. The van der Waals surface area contributed by atoms with Crippen LogP contribution in [-0.4, -0.2) is 42.9 Å². The predicted octanol–water partition coefficient (Wildman–Crippen LogP) is 1.61. The van der Waals surface area contributed by atoms with Crippen molar-refractivity contribution in [3.05, 3.63) is 23.2 Å². The number of carbonyl (C=O) groups excluding carboxylic acids is 1. The molecule has 1 aromatic rings. The summed E-state index contributed by atoms with van der Waals surface area (Å²) in [7, 11) is -3.08. The molecular weight excluding hydrogens is 292 g/mol. The van der Waals surface area contributed by atoms with Crippen LogP contribution in [0.4, 0.5) is 4.79 Å². The summed E-state index contributed by atoms with van der Waals surface area (Å²) in [5.74, 6) is 1.62. The van der Waals surface area contributed by atoms with Crippen LogP contribution in [-0.2, 0) is 16.4 Å². The van der Waals surface area contributed by atoms with Crippen molar-refractivity contribution in [2.24, 2.45) is 0 Å². The number of sulfone groups is 1. The second-order valence-corrected chi connectivity index (χ2v) is 8.08. The minimum Gasteiger partial charge on any atom is -0.466 e. The smallest absolute Gasteiger partial charge is 0.317 e. The standard InChI is InChI=1S/C14H22N2O4S/c1-9-7-13(11(3)20-9)8-15-14(17)16-5-6-21(18,19)12(4)10(16)2/h7,10,12H,5-6,8H2,1-4H3,(H,15,17)/t10-,12-/m1/s1. The lowest BCUT2D eigenvalue weighted by molar-refractivity contribution is 0.177. The summed E-state index contributed by atoms with van der Waals surface area (Å²) in [5, 5.41) is 2.30. The Labute approximate surface area is 125 Å². The van der Waals surface area contributed by atoms with Gasteiger partial charge in [0.05, 0.1) is 11.0 Å². The van der Waals surface area contributed by atoms with Crippen molar-refractivity contribution in [1.29, 1.82) is 0 Å². The van der Waals surface area contributed by atoms with E-state index in [2.05, 4.69) is 5.32 Å². The first kappa shape index (κ1) is 15.9. The van der Waals surface area contributed by atoms with Gasteiger partial charge in [0.15, 0.2) is 9.84 Å². The number of carbonyl (C=O) groups is 1. The molecule has 0 radical (unpaired) electrons. The van der Waals surface area contributed by atoms with E-state index in [1.54, 1.807) is 18.7 Å². The molecular formula is C14H22N2O4S. The minimum atomic E-state index is -3.08. The van der Waals surface area contributed by atoms with E-state index in [9.17, 15) is 13.2 Å². The van der Waals surface area contributed by atoms with Crippen molar-refractivity contribution in [3.63, 3.8) is 0 Å². The van der Waals surface area contributed by atoms with E-state index >= 15 is 0 Å². The highest BCUT2D eigenvalue weighted by atomic mass is 32.2. The summed E-state index contributed by atoms with van der Waals surface area (Å²) in [6, 6.07) is 1.33. The zero-order valence-corrected chi connectivity index (χ0v) is 13.7. The largest absolute Gasteiger partial charge is 0.466 e. The van der Waals surface area contributed by atoms with Crippen molar-refractivity contribution >= 4 is 15.9 Å². The average molecular weight is 314 g/mol. The Morgan fingerprint density at radius 2 is 2.10 bits per heavy atom. The van der Waals surface area contributed by atoms with E-state index in [0.717, 1.165) is 17.1 Å². The topological polar surface area (TPSA) is 79.6 Å². The Kier molecular flexibility index (Phi) is 4.32. The number of furan rings is 1. The van der Waals surface area contributed by atoms with Gasteiger partial charge in [-0.2, -0.15) is 0 Å². The highest BCUT2D eigenvalue weighted by Gasteiger charge is 2.37. The molecule has 1 aliphatic rings. The monoisotopic (exact) mass is 314 g/mol. The Bertz CT molecular complexity index is 635. The predicted molar refractivity (Wildman–Crippen MR) is 79.8 cm³/mol. The number of nitrogens with zero attached hydrogens (tertiary/aromatic N) is 1. The van der Waals surface area contributed by atoms with Crippen LogP contribution < -0.4 is 5.32 Å². The van der Waals surface area contributed by atoms with Crippen molar-refractivity contribution in [2.75, 3.05) is 12.3 Å². The second kappa shape index (κ2) is 5.71. The normalized spacial score (nSPS) is 24.9. The summed E-state index contributed by atoms with van der Waals surface area (Å²) in [5.41, 5.74) is 0.936. The summed E-state index contributed by atoms with van der Waals surface area (Å²) < 4.78 is 29.0. The summed E-state index contributed by atoms with van der Waals surface area (Å²) in [6.45, 7) is 7.76. The van der Waals surface area contributed by atoms with E-state index in [0.29, 0.717) is 6.54 Å². The molecule has 21 heavy (non-hydrogen) atoms. The van der Waals surface area contributed by atoms with Crippen LogP contribution in [0.3, 0.4) is 0 Å². The van der Waals surface area contributed by atoms with Gasteiger partial charge in [-0.05, 0) is 33.8 Å². The molecule has 2 heterocycles. The van der Waals surface area contributed by atoms with Crippen LogP contribution in [0, 0.1) is 13.8 Å².